The van der Waals surface area contributed by atoms with E-state index in [4.69, 9.17) is 16.1 Å². The molecule has 6 nitrogen and oxygen atoms in total. The van der Waals surface area contributed by atoms with E-state index in [0.717, 1.165) is 11.1 Å². The second-order valence-electron chi connectivity index (χ2n) is 5.97. The fourth-order valence-corrected chi connectivity index (χ4v) is 3.71. The van der Waals surface area contributed by atoms with E-state index >= 15 is 0 Å². The number of aryl methyl sites for hydroxylation is 1. The summed E-state index contributed by atoms with van der Waals surface area (Å²) in [6.07, 6.45) is 0. The molecular formula is C18H18ClN3O3S. The summed E-state index contributed by atoms with van der Waals surface area (Å²) in [5.74, 6) is 0.562. The van der Waals surface area contributed by atoms with E-state index in [1.807, 2.05) is 31.2 Å². The quantitative estimate of drug-likeness (QED) is 0.640. The number of benzene rings is 2. The maximum Gasteiger partial charge on any atom is 0.242 e. The number of hydrogen-bond donors (Lipinski definition) is 0. The Labute approximate surface area is 157 Å². The average Bonchev–Trinajstić information content (AvgIpc) is 3.05. The molecule has 0 spiro atoms. The first-order chi connectivity index (χ1) is 12.3. The third kappa shape index (κ3) is 4.30. The van der Waals surface area contributed by atoms with E-state index in [9.17, 15) is 8.42 Å². The van der Waals surface area contributed by atoms with Crippen molar-refractivity contribution in [3.8, 4) is 11.4 Å². The molecule has 0 N–H and O–H groups in total. The van der Waals surface area contributed by atoms with Gasteiger partial charge in [0, 0.05) is 17.6 Å². The maximum atomic E-state index is 12.5. The van der Waals surface area contributed by atoms with E-state index in [-0.39, 0.29) is 18.2 Å². The summed E-state index contributed by atoms with van der Waals surface area (Å²) in [5, 5.41) is 4.52. The lowest BCUT2D eigenvalue weighted by Crippen LogP contribution is -2.27. The van der Waals surface area contributed by atoms with Gasteiger partial charge in [-0.3, -0.25) is 0 Å². The minimum atomic E-state index is -3.53. The van der Waals surface area contributed by atoms with Crippen LogP contribution in [0, 0.1) is 6.92 Å². The average molecular weight is 392 g/mol. The standard InChI is InChI=1S/C18H18ClN3O3S/c1-13-5-3-4-6-16(13)18-20-17(25-21-18)11-22(2)26(23,24)12-14-7-9-15(19)10-8-14/h3-10H,11-12H2,1-2H3. The van der Waals surface area contributed by atoms with Crippen LogP contribution in [0.4, 0.5) is 0 Å². The lowest BCUT2D eigenvalue weighted by molar-refractivity contribution is 0.336. The highest BCUT2D eigenvalue weighted by Gasteiger charge is 2.22. The highest BCUT2D eigenvalue weighted by atomic mass is 35.5. The highest BCUT2D eigenvalue weighted by molar-refractivity contribution is 7.88. The lowest BCUT2D eigenvalue weighted by atomic mass is 10.1. The molecule has 2 aromatic carbocycles. The Bertz CT molecular complexity index is 1000. The van der Waals surface area contributed by atoms with Gasteiger partial charge in [-0.15, -0.1) is 0 Å². The molecule has 3 rings (SSSR count). The van der Waals surface area contributed by atoms with Crippen LogP contribution in [-0.4, -0.2) is 29.9 Å². The molecule has 1 heterocycles. The summed E-state index contributed by atoms with van der Waals surface area (Å²) in [5.41, 5.74) is 2.53. The van der Waals surface area contributed by atoms with Crippen LogP contribution in [0.2, 0.25) is 5.02 Å². The Morgan fingerprint density at radius 3 is 2.50 bits per heavy atom. The third-order valence-corrected chi connectivity index (χ3v) is 5.98. The number of halogens is 1. The van der Waals surface area contributed by atoms with Gasteiger partial charge in [0.15, 0.2) is 0 Å². The van der Waals surface area contributed by atoms with Crippen LogP contribution in [0.25, 0.3) is 11.4 Å². The topological polar surface area (TPSA) is 76.3 Å². The van der Waals surface area contributed by atoms with Crippen LogP contribution in [0.3, 0.4) is 0 Å². The summed E-state index contributed by atoms with van der Waals surface area (Å²) in [4.78, 5) is 4.31. The van der Waals surface area contributed by atoms with Crippen molar-refractivity contribution in [1.29, 1.82) is 0 Å². The van der Waals surface area contributed by atoms with Gasteiger partial charge in [0.2, 0.25) is 21.7 Å². The molecule has 0 saturated carbocycles. The van der Waals surface area contributed by atoms with Gasteiger partial charge >= 0.3 is 0 Å². The maximum absolute atomic E-state index is 12.5. The molecule has 3 aromatic rings. The lowest BCUT2D eigenvalue weighted by Gasteiger charge is -2.15. The molecule has 0 atom stereocenters. The normalized spacial score (nSPS) is 11.8. The van der Waals surface area contributed by atoms with Gasteiger partial charge < -0.3 is 4.52 Å². The minimum absolute atomic E-state index is 0.00873. The molecule has 0 aliphatic heterocycles. The molecule has 1 aromatic heterocycles. The Morgan fingerprint density at radius 2 is 1.81 bits per heavy atom. The number of hydrogen-bond acceptors (Lipinski definition) is 5. The zero-order valence-electron chi connectivity index (χ0n) is 14.4. The van der Waals surface area contributed by atoms with Crippen LogP contribution in [0.1, 0.15) is 17.0 Å². The minimum Gasteiger partial charge on any atom is -0.338 e. The van der Waals surface area contributed by atoms with Gasteiger partial charge in [-0.1, -0.05) is 53.2 Å². The van der Waals surface area contributed by atoms with Crippen LogP contribution in [0.15, 0.2) is 53.1 Å². The van der Waals surface area contributed by atoms with E-state index in [2.05, 4.69) is 10.1 Å². The summed E-state index contributed by atoms with van der Waals surface area (Å²) in [7, 11) is -2.04. The molecule has 0 aliphatic rings. The molecule has 26 heavy (non-hydrogen) atoms. The van der Waals surface area contributed by atoms with E-state index in [0.29, 0.717) is 16.4 Å². The molecular weight excluding hydrogens is 374 g/mol. The molecule has 8 heteroatoms. The second-order valence-corrected chi connectivity index (χ2v) is 8.48. The molecule has 0 amide bonds. The summed E-state index contributed by atoms with van der Waals surface area (Å²) >= 11 is 5.83. The van der Waals surface area contributed by atoms with Crippen LogP contribution in [0.5, 0.6) is 0 Å². The van der Waals surface area contributed by atoms with Gasteiger partial charge in [0.05, 0.1) is 12.3 Å². The van der Waals surface area contributed by atoms with Gasteiger partial charge in [-0.25, -0.2) is 8.42 Å². The number of sulfonamides is 1. The molecule has 0 unspecified atom stereocenters. The number of rotatable bonds is 6. The molecule has 0 fully saturated rings. The Kier molecular flexibility index (Phi) is 5.41. The van der Waals surface area contributed by atoms with Crippen molar-refractivity contribution in [2.24, 2.45) is 0 Å². The van der Waals surface area contributed by atoms with Crippen molar-refractivity contribution in [3.63, 3.8) is 0 Å². The second kappa shape index (κ2) is 7.57. The predicted octanol–water partition coefficient (Wildman–Crippen LogP) is 3.66. The fourth-order valence-electron chi connectivity index (χ4n) is 2.44. The van der Waals surface area contributed by atoms with Crippen molar-refractivity contribution >= 4 is 21.6 Å². The summed E-state index contributed by atoms with van der Waals surface area (Å²) in [6.45, 7) is 1.96. The smallest absolute Gasteiger partial charge is 0.242 e. The van der Waals surface area contributed by atoms with Gasteiger partial charge in [0.1, 0.15) is 0 Å². The van der Waals surface area contributed by atoms with E-state index in [1.165, 1.54) is 11.4 Å². The first-order valence-corrected chi connectivity index (χ1v) is 9.91. The van der Waals surface area contributed by atoms with Gasteiger partial charge in [0.25, 0.3) is 0 Å². The largest absolute Gasteiger partial charge is 0.338 e. The van der Waals surface area contributed by atoms with Gasteiger partial charge in [-0.2, -0.15) is 9.29 Å². The van der Waals surface area contributed by atoms with Crippen molar-refractivity contribution in [2.75, 3.05) is 7.05 Å². The zero-order chi connectivity index (χ0) is 18.7. The Balaban J connectivity index is 1.72. The molecule has 0 radical (unpaired) electrons. The predicted molar refractivity (Wildman–Crippen MR) is 100 cm³/mol. The van der Waals surface area contributed by atoms with E-state index in [1.54, 1.807) is 24.3 Å². The first-order valence-electron chi connectivity index (χ1n) is 7.92. The molecule has 136 valence electrons. The first kappa shape index (κ1) is 18.6. The highest BCUT2D eigenvalue weighted by Crippen LogP contribution is 2.21. The number of aromatic nitrogens is 2. The van der Waals surface area contributed by atoms with Crippen LogP contribution >= 0.6 is 11.6 Å². The summed E-state index contributed by atoms with van der Waals surface area (Å²) in [6, 6.07) is 14.4. The SMILES string of the molecule is Cc1ccccc1-c1noc(CN(C)S(=O)(=O)Cc2ccc(Cl)cc2)n1. The Hall–Kier alpha value is -2.22. The molecule has 0 saturated heterocycles. The fraction of sp³-hybridized carbons (Fsp3) is 0.222. The van der Waals surface area contributed by atoms with Crippen LogP contribution in [-0.2, 0) is 22.3 Å². The van der Waals surface area contributed by atoms with Crippen molar-refractivity contribution in [1.82, 2.24) is 14.4 Å². The summed E-state index contributed by atoms with van der Waals surface area (Å²) < 4.78 is 31.5. The zero-order valence-corrected chi connectivity index (χ0v) is 16.0. The van der Waals surface area contributed by atoms with Crippen molar-refractivity contribution in [2.45, 2.75) is 19.2 Å². The van der Waals surface area contributed by atoms with E-state index < -0.39 is 10.0 Å². The van der Waals surface area contributed by atoms with Crippen molar-refractivity contribution in [3.05, 3.63) is 70.6 Å². The third-order valence-electron chi connectivity index (χ3n) is 3.95. The van der Waals surface area contributed by atoms with Crippen LogP contribution < -0.4 is 0 Å². The monoisotopic (exact) mass is 391 g/mol. The molecule has 0 aliphatic carbocycles. The molecule has 0 bridgehead atoms. The van der Waals surface area contributed by atoms with Gasteiger partial charge in [-0.05, 0) is 30.2 Å². The Morgan fingerprint density at radius 1 is 1.12 bits per heavy atom. The van der Waals surface area contributed by atoms with Crippen molar-refractivity contribution < 1.29 is 12.9 Å². The number of nitrogens with zero attached hydrogens (tertiary/aromatic N) is 3.